The van der Waals surface area contributed by atoms with Gasteiger partial charge in [-0.1, -0.05) is 6.07 Å². The Morgan fingerprint density at radius 3 is 2.60 bits per heavy atom. The van der Waals surface area contributed by atoms with E-state index in [1.54, 1.807) is 18.3 Å². The Kier molecular flexibility index (Phi) is 4.50. The summed E-state index contributed by atoms with van der Waals surface area (Å²) in [5.41, 5.74) is 1.45. The molecule has 3 nitrogen and oxygen atoms in total. The van der Waals surface area contributed by atoms with Gasteiger partial charge < -0.3 is 10.1 Å². The van der Waals surface area contributed by atoms with Gasteiger partial charge in [-0.15, -0.1) is 0 Å². The maximum absolute atomic E-state index is 13.2. The number of halogens is 2. The van der Waals surface area contributed by atoms with Crippen molar-refractivity contribution in [3.05, 3.63) is 53.7 Å². The van der Waals surface area contributed by atoms with Gasteiger partial charge in [0.1, 0.15) is 0 Å². The Morgan fingerprint density at radius 2 is 2.00 bits per heavy atom. The first-order valence-electron chi connectivity index (χ1n) is 6.40. The minimum Gasteiger partial charge on any atom is -0.478 e. The van der Waals surface area contributed by atoms with Crippen LogP contribution in [-0.4, -0.2) is 11.6 Å². The predicted molar refractivity (Wildman–Crippen MR) is 73.8 cm³/mol. The van der Waals surface area contributed by atoms with E-state index in [1.165, 1.54) is 6.07 Å². The molecule has 2 rings (SSSR count). The van der Waals surface area contributed by atoms with E-state index in [0.717, 1.165) is 11.8 Å². The fraction of sp³-hybridized carbons (Fsp3) is 0.267. The number of hydrogen-bond donors (Lipinski definition) is 1. The maximum atomic E-state index is 13.2. The summed E-state index contributed by atoms with van der Waals surface area (Å²) in [6, 6.07) is 7.29. The van der Waals surface area contributed by atoms with Crippen LogP contribution in [0, 0.1) is 11.6 Å². The lowest BCUT2D eigenvalue weighted by Crippen LogP contribution is -2.07. The molecule has 2 aromatic rings. The highest BCUT2D eigenvalue weighted by atomic mass is 19.2. The van der Waals surface area contributed by atoms with E-state index < -0.39 is 11.6 Å². The molecular formula is C15H16F2N2O. The summed E-state index contributed by atoms with van der Waals surface area (Å²) >= 11 is 0. The van der Waals surface area contributed by atoms with E-state index in [-0.39, 0.29) is 6.04 Å². The number of benzene rings is 1. The number of nitrogens with one attached hydrogen (secondary N) is 1. The molecule has 0 saturated carbocycles. The minimum absolute atomic E-state index is 0.162. The van der Waals surface area contributed by atoms with Crippen LogP contribution < -0.4 is 10.1 Å². The summed E-state index contributed by atoms with van der Waals surface area (Å²) in [5.74, 6) is -1.14. The predicted octanol–water partition coefficient (Wildman–Crippen LogP) is 3.93. The van der Waals surface area contributed by atoms with Gasteiger partial charge in [0.05, 0.1) is 18.5 Å². The zero-order valence-electron chi connectivity index (χ0n) is 11.4. The molecule has 1 aromatic heterocycles. The normalized spacial score (nSPS) is 12.0. The molecule has 0 spiro atoms. The monoisotopic (exact) mass is 278 g/mol. The van der Waals surface area contributed by atoms with Crippen LogP contribution in [0.5, 0.6) is 5.88 Å². The molecule has 0 radical (unpaired) electrons. The second-order valence-corrected chi connectivity index (χ2v) is 4.36. The van der Waals surface area contributed by atoms with Crippen molar-refractivity contribution in [1.82, 2.24) is 4.98 Å². The molecule has 106 valence electrons. The van der Waals surface area contributed by atoms with Gasteiger partial charge in [-0.3, -0.25) is 0 Å². The lowest BCUT2D eigenvalue weighted by Gasteiger charge is -2.16. The van der Waals surface area contributed by atoms with Gasteiger partial charge in [0.2, 0.25) is 5.88 Å². The van der Waals surface area contributed by atoms with Crippen LogP contribution in [0.25, 0.3) is 0 Å². The zero-order chi connectivity index (χ0) is 14.5. The van der Waals surface area contributed by atoms with Gasteiger partial charge in [-0.05, 0) is 37.6 Å². The van der Waals surface area contributed by atoms with E-state index in [1.807, 2.05) is 19.9 Å². The molecule has 1 unspecified atom stereocenters. The van der Waals surface area contributed by atoms with Crippen molar-refractivity contribution < 1.29 is 13.5 Å². The Hall–Kier alpha value is -2.17. The smallest absolute Gasteiger partial charge is 0.213 e. The third-order valence-corrected chi connectivity index (χ3v) is 2.86. The van der Waals surface area contributed by atoms with Crippen LogP contribution in [0.15, 0.2) is 36.5 Å². The molecule has 5 heteroatoms. The first-order chi connectivity index (χ1) is 9.60. The van der Waals surface area contributed by atoms with Crippen LogP contribution in [0.3, 0.4) is 0 Å². The number of ether oxygens (including phenoxy) is 1. The van der Waals surface area contributed by atoms with E-state index in [0.29, 0.717) is 18.1 Å². The number of hydrogen-bond acceptors (Lipinski definition) is 3. The number of aromatic nitrogens is 1. The van der Waals surface area contributed by atoms with Gasteiger partial charge in [0.25, 0.3) is 0 Å². The molecule has 20 heavy (non-hydrogen) atoms. The molecule has 1 N–H and O–H groups in total. The Morgan fingerprint density at radius 1 is 1.20 bits per heavy atom. The molecule has 0 saturated heterocycles. The van der Waals surface area contributed by atoms with Gasteiger partial charge in [0, 0.05) is 12.1 Å². The van der Waals surface area contributed by atoms with Crippen LogP contribution in [0.2, 0.25) is 0 Å². The van der Waals surface area contributed by atoms with E-state index in [4.69, 9.17) is 4.74 Å². The van der Waals surface area contributed by atoms with Crippen molar-refractivity contribution in [2.45, 2.75) is 19.9 Å². The van der Waals surface area contributed by atoms with Crippen LogP contribution in [0.1, 0.15) is 25.5 Å². The van der Waals surface area contributed by atoms with Crippen molar-refractivity contribution in [3.63, 3.8) is 0 Å². The standard InChI is InChI=1S/C15H16F2N2O/c1-3-20-15-7-5-12(9-18-15)19-10(2)11-4-6-13(16)14(17)8-11/h4-10,19H,3H2,1-2H3. The second kappa shape index (κ2) is 6.32. The third-order valence-electron chi connectivity index (χ3n) is 2.86. The quantitative estimate of drug-likeness (QED) is 0.899. The van der Waals surface area contributed by atoms with E-state index in [2.05, 4.69) is 10.3 Å². The highest BCUT2D eigenvalue weighted by molar-refractivity contribution is 5.44. The average Bonchev–Trinajstić information content (AvgIpc) is 2.44. The maximum Gasteiger partial charge on any atom is 0.213 e. The van der Waals surface area contributed by atoms with Gasteiger partial charge in [-0.2, -0.15) is 0 Å². The van der Waals surface area contributed by atoms with E-state index in [9.17, 15) is 8.78 Å². The SMILES string of the molecule is CCOc1ccc(NC(C)c2ccc(F)c(F)c2)cn1. The van der Waals surface area contributed by atoms with Crippen molar-refractivity contribution in [2.75, 3.05) is 11.9 Å². The summed E-state index contributed by atoms with van der Waals surface area (Å²) in [5, 5.41) is 3.17. The number of anilines is 1. The molecule has 0 aliphatic rings. The first-order valence-corrected chi connectivity index (χ1v) is 6.40. The van der Waals surface area contributed by atoms with Gasteiger partial charge >= 0.3 is 0 Å². The highest BCUT2D eigenvalue weighted by Gasteiger charge is 2.09. The van der Waals surface area contributed by atoms with Crippen molar-refractivity contribution in [2.24, 2.45) is 0 Å². The molecule has 0 aliphatic carbocycles. The van der Waals surface area contributed by atoms with E-state index >= 15 is 0 Å². The first kappa shape index (κ1) is 14.2. The summed E-state index contributed by atoms with van der Waals surface area (Å²) in [6.45, 7) is 4.31. The lowest BCUT2D eigenvalue weighted by molar-refractivity contribution is 0.327. The molecule has 0 amide bonds. The minimum atomic E-state index is -0.846. The van der Waals surface area contributed by atoms with Gasteiger partial charge in [0.15, 0.2) is 11.6 Å². The molecule has 0 fully saturated rings. The summed E-state index contributed by atoms with van der Waals surface area (Å²) in [4.78, 5) is 4.13. The Balaban J connectivity index is 2.06. The second-order valence-electron chi connectivity index (χ2n) is 4.36. The summed E-state index contributed by atoms with van der Waals surface area (Å²) in [7, 11) is 0. The molecule has 1 heterocycles. The molecular weight excluding hydrogens is 262 g/mol. The zero-order valence-corrected chi connectivity index (χ0v) is 11.4. The topological polar surface area (TPSA) is 34.1 Å². The third kappa shape index (κ3) is 3.44. The Bertz CT molecular complexity index is 573. The fourth-order valence-corrected chi connectivity index (χ4v) is 1.81. The molecule has 1 atom stereocenters. The van der Waals surface area contributed by atoms with Crippen molar-refractivity contribution in [1.29, 1.82) is 0 Å². The van der Waals surface area contributed by atoms with Crippen LogP contribution in [-0.2, 0) is 0 Å². The lowest BCUT2D eigenvalue weighted by atomic mass is 10.1. The van der Waals surface area contributed by atoms with Crippen molar-refractivity contribution >= 4 is 5.69 Å². The molecule has 0 bridgehead atoms. The Labute approximate surface area is 116 Å². The van der Waals surface area contributed by atoms with Gasteiger partial charge in [-0.25, -0.2) is 13.8 Å². The summed E-state index contributed by atoms with van der Waals surface area (Å²) < 4.78 is 31.3. The van der Waals surface area contributed by atoms with Crippen LogP contribution >= 0.6 is 0 Å². The van der Waals surface area contributed by atoms with Crippen molar-refractivity contribution in [3.8, 4) is 5.88 Å². The highest BCUT2D eigenvalue weighted by Crippen LogP contribution is 2.21. The van der Waals surface area contributed by atoms with Crippen LogP contribution in [0.4, 0.5) is 14.5 Å². The fourth-order valence-electron chi connectivity index (χ4n) is 1.81. The average molecular weight is 278 g/mol. The number of nitrogens with zero attached hydrogens (tertiary/aromatic N) is 1. The number of rotatable bonds is 5. The number of pyridine rings is 1. The summed E-state index contributed by atoms with van der Waals surface area (Å²) in [6.07, 6.45) is 1.64. The molecule has 0 aliphatic heterocycles. The molecule has 1 aromatic carbocycles. The largest absolute Gasteiger partial charge is 0.478 e.